The Morgan fingerprint density at radius 1 is 1.16 bits per heavy atom. The fourth-order valence-electron chi connectivity index (χ4n) is 1.72. The van der Waals surface area contributed by atoms with Gasteiger partial charge in [0.15, 0.2) is 0 Å². The van der Waals surface area contributed by atoms with Gasteiger partial charge in [-0.25, -0.2) is 4.39 Å². The van der Waals surface area contributed by atoms with Crippen molar-refractivity contribution in [3.05, 3.63) is 70.5 Å². The van der Waals surface area contributed by atoms with Gasteiger partial charge in [-0.1, -0.05) is 41.9 Å². The van der Waals surface area contributed by atoms with Crippen molar-refractivity contribution >= 4 is 17.5 Å². The summed E-state index contributed by atoms with van der Waals surface area (Å²) in [6.07, 6.45) is 0.0350. The Kier molecular flexibility index (Phi) is 4.53. The van der Waals surface area contributed by atoms with Crippen LogP contribution >= 0.6 is 11.6 Å². The van der Waals surface area contributed by atoms with Crippen LogP contribution < -0.4 is 5.32 Å². The van der Waals surface area contributed by atoms with Gasteiger partial charge in [-0.2, -0.15) is 0 Å². The number of hydrogen-bond acceptors (Lipinski definition) is 1. The molecule has 2 aromatic rings. The van der Waals surface area contributed by atoms with E-state index in [4.69, 9.17) is 11.6 Å². The lowest BCUT2D eigenvalue weighted by Crippen LogP contribution is -2.24. The molecular weight excluding hydrogens is 265 g/mol. The van der Waals surface area contributed by atoms with E-state index in [1.54, 1.807) is 30.3 Å². The molecule has 0 bridgehead atoms. The first-order valence-electron chi connectivity index (χ1n) is 5.90. The second kappa shape index (κ2) is 6.34. The number of carbonyl (C=O) groups excluding carboxylic acids is 1. The van der Waals surface area contributed by atoms with Crippen LogP contribution in [0.2, 0.25) is 5.02 Å². The minimum absolute atomic E-state index is 0.0350. The number of halogens is 2. The van der Waals surface area contributed by atoms with Crippen LogP contribution in [-0.4, -0.2) is 5.91 Å². The topological polar surface area (TPSA) is 29.1 Å². The van der Waals surface area contributed by atoms with Gasteiger partial charge in [0, 0.05) is 11.6 Å². The summed E-state index contributed by atoms with van der Waals surface area (Å²) in [6.45, 7) is 0.383. The summed E-state index contributed by atoms with van der Waals surface area (Å²) < 4.78 is 13.4. The molecule has 2 nitrogen and oxygen atoms in total. The average Bonchev–Trinajstić information content (AvgIpc) is 2.39. The first-order chi connectivity index (χ1) is 9.15. The van der Waals surface area contributed by atoms with Crippen LogP contribution in [0.5, 0.6) is 0 Å². The molecule has 0 heterocycles. The van der Waals surface area contributed by atoms with Crippen molar-refractivity contribution in [1.82, 2.24) is 5.32 Å². The first-order valence-corrected chi connectivity index (χ1v) is 6.27. The van der Waals surface area contributed by atoms with Crippen LogP contribution in [-0.2, 0) is 17.8 Å². The second-order valence-electron chi connectivity index (χ2n) is 4.17. The molecule has 0 fully saturated rings. The zero-order chi connectivity index (χ0) is 13.7. The average molecular weight is 278 g/mol. The number of nitrogens with one attached hydrogen (secondary N) is 1. The van der Waals surface area contributed by atoms with Gasteiger partial charge in [-0.15, -0.1) is 0 Å². The van der Waals surface area contributed by atoms with Crippen LogP contribution in [0.1, 0.15) is 11.1 Å². The normalized spacial score (nSPS) is 10.2. The van der Waals surface area contributed by atoms with E-state index < -0.39 is 0 Å². The summed E-state index contributed by atoms with van der Waals surface area (Å²) in [5.41, 5.74) is 1.31. The van der Waals surface area contributed by atoms with Gasteiger partial charge in [0.25, 0.3) is 0 Å². The number of carbonyl (C=O) groups is 1. The fraction of sp³-hybridized carbons (Fsp3) is 0.133. The molecule has 0 spiro atoms. The molecule has 0 aliphatic heterocycles. The highest BCUT2D eigenvalue weighted by Gasteiger charge is 2.07. The van der Waals surface area contributed by atoms with Gasteiger partial charge >= 0.3 is 0 Å². The van der Waals surface area contributed by atoms with Gasteiger partial charge < -0.3 is 5.32 Å². The monoisotopic (exact) mass is 277 g/mol. The van der Waals surface area contributed by atoms with E-state index in [0.29, 0.717) is 17.1 Å². The largest absolute Gasteiger partial charge is 0.352 e. The quantitative estimate of drug-likeness (QED) is 0.912. The Hall–Kier alpha value is -1.87. The Bertz CT molecular complexity index is 586. The van der Waals surface area contributed by atoms with E-state index in [9.17, 15) is 9.18 Å². The van der Waals surface area contributed by atoms with E-state index in [1.807, 2.05) is 12.1 Å². The van der Waals surface area contributed by atoms with Crippen molar-refractivity contribution < 1.29 is 9.18 Å². The molecule has 1 N–H and O–H groups in total. The predicted octanol–water partition coefficient (Wildman–Crippen LogP) is 3.34. The Labute approximate surface area is 116 Å². The fourth-order valence-corrected chi connectivity index (χ4v) is 1.94. The smallest absolute Gasteiger partial charge is 0.224 e. The number of rotatable bonds is 4. The van der Waals surface area contributed by atoms with Crippen molar-refractivity contribution in [2.75, 3.05) is 0 Å². The summed E-state index contributed by atoms with van der Waals surface area (Å²) >= 11 is 5.85. The second-order valence-corrected chi connectivity index (χ2v) is 4.61. The summed E-state index contributed by atoms with van der Waals surface area (Å²) in [6, 6.07) is 13.5. The SMILES string of the molecule is O=C(Cc1ccccc1F)NCc1cccc(Cl)c1. The van der Waals surface area contributed by atoms with E-state index >= 15 is 0 Å². The Balaban J connectivity index is 1.90. The lowest BCUT2D eigenvalue weighted by Gasteiger charge is -2.06. The molecule has 0 aliphatic carbocycles. The van der Waals surface area contributed by atoms with Crippen molar-refractivity contribution in [3.63, 3.8) is 0 Å². The van der Waals surface area contributed by atoms with Gasteiger partial charge in [0.2, 0.25) is 5.91 Å². The predicted molar refractivity (Wildman–Crippen MR) is 73.4 cm³/mol. The molecule has 4 heteroatoms. The maximum absolute atomic E-state index is 13.4. The third kappa shape index (κ3) is 4.07. The lowest BCUT2D eigenvalue weighted by atomic mass is 10.1. The van der Waals surface area contributed by atoms with Crippen molar-refractivity contribution in [2.45, 2.75) is 13.0 Å². The first kappa shape index (κ1) is 13.6. The summed E-state index contributed by atoms with van der Waals surface area (Å²) in [5, 5.41) is 3.36. The van der Waals surface area contributed by atoms with Gasteiger partial charge in [-0.05, 0) is 29.3 Å². The molecule has 0 atom stereocenters. The summed E-state index contributed by atoms with van der Waals surface area (Å²) in [5.74, 6) is -0.578. The molecule has 0 saturated heterocycles. The number of hydrogen-bond donors (Lipinski definition) is 1. The standard InChI is InChI=1S/C15H13ClFNO/c16-13-6-3-4-11(8-13)10-18-15(19)9-12-5-1-2-7-14(12)17/h1-8H,9-10H2,(H,18,19). The number of benzene rings is 2. The third-order valence-corrected chi connectivity index (χ3v) is 2.92. The van der Waals surface area contributed by atoms with Gasteiger partial charge in [0.1, 0.15) is 5.82 Å². The van der Waals surface area contributed by atoms with Crippen LogP contribution in [0.3, 0.4) is 0 Å². The molecule has 0 aliphatic rings. The highest BCUT2D eigenvalue weighted by atomic mass is 35.5. The minimum atomic E-state index is -0.361. The van der Waals surface area contributed by atoms with E-state index in [-0.39, 0.29) is 18.1 Å². The van der Waals surface area contributed by atoms with Crippen LogP contribution in [0, 0.1) is 5.82 Å². The zero-order valence-corrected chi connectivity index (χ0v) is 11.0. The van der Waals surface area contributed by atoms with Crippen LogP contribution in [0.25, 0.3) is 0 Å². The highest BCUT2D eigenvalue weighted by Crippen LogP contribution is 2.11. The molecule has 19 heavy (non-hydrogen) atoms. The van der Waals surface area contributed by atoms with E-state index in [1.165, 1.54) is 6.07 Å². The minimum Gasteiger partial charge on any atom is -0.352 e. The molecule has 2 rings (SSSR count). The molecule has 1 amide bonds. The molecule has 0 radical (unpaired) electrons. The molecular formula is C15H13ClFNO. The van der Waals surface area contributed by atoms with Crippen molar-refractivity contribution in [1.29, 1.82) is 0 Å². The van der Waals surface area contributed by atoms with Gasteiger partial charge in [-0.3, -0.25) is 4.79 Å². The Morgan fingerprint density at radius 2 is 1.95 bits per heavy atom. The van der Waals surface area contributed by atoms with Crippen LogP contribution in [0.4, 0.5) is 4.39 Å². The molecule has 2 aromatic carbocycles. The van der Waals surface area contributed by atoms with Crippen LogP contribution in [0.15, 0.2) is 48.5 Å². The summed E-state index contributed by atoms with van der Waals surface area (Å²) in [4.78, 5) is 11.7. The van der Waals surface area contributed by atoms with Gasteiger partial charge in [0.05, 0.1) is 6.42 Å². The molecule has 98 valence electrons. The molecule has 0 saturated carbocycles. The van der Waals surface area contributed by atoms with E-state index in [0.717, 1.165) is 5.56 Å². The van der Waals surface area contributed by atoms with Crippen molar-refractivity contribution in [2.24, 2.45) is 0 Å². The molecule has 0 unspecified atom stereocenters. The Morgan fingerprint density at radius 3 is 2.68 bits per heavy atom. The maximum Gasteiger partial charge on any atom is 0.224 e. The van der Waals surface area contributed by atoms with E-state index in [2.05, 4.69) is 5.32 Å². The zero-order valence-electron chi connectivity index (χ0n) is 10.2. The molecule has 0 aromatic heterocycles. The number of amides is 1. The lowest BCUT2D eigenvalue weighted by molar-refractivity contribution is -0.120. The summed E-state index contributed by atoms with van der Waals surface area (Å²) in [7, 11) is 0. The maximum atomic E-state index is 13.4. The highest BCUT2D eigenvalue weighted by molar-refractivity contribution is 6.30. The third-order valence-electron chi connectivity index (χ3n) is 2.69. The van der Waals surface area contributed by atoms with Crippen molar-refractivity contribution in [3.8, 4) is 0 Å².